The van der Waals surface area contributed by atoms with Crippen LogP contribution in [0.5, 0.6) is 0 Å². The Balaban J connectivity index is 1.29. The molecule has 136 valence electrons. The summed E-state index contributed by atoms with van der Waals surface area (Å²) in [7, 11) is 1.53. The molecule has 2 aliphatic rings. The minimum absolute atomic E-state index is 0.234. The Bertz CT molecular complexity index is 887. The monoisotopic (exact) mass is 354 g/mol. The lowest BCUT2D eigenvalue weighted by Gasteiger charge is -2.40. The number of hydrogen-bond acceptors (Lipinski definition) is 6. The molecule has 0 bridgehead atoms. The molecule has 1 aliphatic carbocycles. The first-order valence-electron chi connectivity index (χ1n) is 9.03. The molecule has 1 saturated heterocycles. The van der Waals surface area contributed by atoms with Gasteiger partial charge in [-0.15, -0.1) is 5.10 Å². The molecule has 1 N–H and O–H groups in total. The van der Waals surface area contributed by atoms with Crippen LogP contribution in [-0.2, 0) is 19.9 Å². The minimum Gasteiger partial charge on any atom is -0.354 e. The first-order chi connectivity index (χ1) is 12.6. The summed E-state index contributed by atoms with van der Waals surface area (Å²) < 4.78 is 1.16. The molecule has 1 amide bonds. The Labute approximate surface area is 151 Å². The van der Waals surface area contributed by atoms with Crippen molar-refractivity contribution >= 4 is 11.7 Å². The molecule has 0 unspecified atom stereocenters. The molecule has 0 spiro atoms. The lowest BCUT2D eigenvalue weighted by atomic mass is 9.95. The zero-order valence-electron chi connectivity index (χ0n) is 14.8. The van der Waals surface area contributed by atoms with E-state index < -0.39 is 0 Å². The van der Waals surface area contributed by atoms with E-state index >= 15 is 0 Å². The third kappa shape index (κ3) is 3.31. The molecular formula is C18H22N6O2. The molecule has 2 aromatic rings. The maximum absolute atomic E-state index is 12.1. The Hall–Kier alpha value is -2.77. The number of fused-ring (bicyclic) bond motifs is 1. The fourth-order valence-corrected chi connectivity index (χ4v) is 3.47. The van der Waals surface area contributed by atoms with Gasteiger partial charge in [-0.3, -0.25) is 9.59 Å². The van der Waals surface area contributed by atoms with Crippen LogP contribution >= 0.6 is 0 Å². The highest BCUT2D eigenvalue weighted by Crippen LogP contribution is 2.26. The number of aryl methyl sites for hydroxylation is 3. The smallest absolute Gasteiger partial charge is 0.271 e. The summed E-state index contributed by atoms with van der Waals surface area (Å²) in [6.07, 6.45) is 4.57. The highest BCUT2D eigenvalue weighted by Gasteiger charge is 2.29. The molecule has 26 heavy (non-hydrogen) atoms. The number of aromatic nitrogens is 4. The number of nitrogens with one attached hydrogen (secondary N) is 1. The Morgan fingerprint density at radius 1 is 1.23 bits per heavy atom. The maximum Gasteiger partial charge on any atom is 0.271 e. The van der Waals surface area contributed by atoms with E-state index in [1.807, 2.05) is 0 Å². The van der Waals surface area contributed by atoms with Crippen molar-refractivity contribution in [1.82, 2.24) is 25.3 Å². The molecule has 8 heteroatoms. The molecule has 3 heterocycles. The maximum atomic E-state index is 12.1. The van der Waals surface area contributed by atoms with E-state index in [0.29, 0.717) is 12.5 Å². The fraction of sp³-hybridized carbons (Fsp3) is 0.500. The van der Waals surface area contributed by atoms with Gasteiger partial charge in [0.1, 0.15) is 5.69 Å². The quantitative estimate of drug-likeness (QED) is 0.850. The SMILES string of the molecule is Cn1nc(C(=O)NCC2CN(c3cc4c(nn3)CCCC4)C2)ccc1=O. The van der Waals surface area contributed by atoms with Crippen molar-refractivity contribution < 1.29 is 4.79 Å². The van der Waals surface area contributed by atoms with Crippen LogP contribution < -0.4 is 15.8 Å². The predicted octanol–water partition coefficient (Wildman–Crippen LogP) is 0.315. The standard InChI is InChI=1S/C18H22N6O2/c1-23-17(25)7-6-15(22-23)18(26)19-9-12-10-24(11-12)16-8-13-4-2-3-5-14(13)20-21-16/h6-8,12H,2-5,9-11H2,1H3,(H,19,26). The van der Waals surface area contributed by atoms with Crippen LogP contribution in [-0.4, -0.2) is 45.5 Å². The molecule has 1 aliphatic heterocycles. The number of amides is 1. The normalized spacial score (nSPS) is 16.7. The summed E-state index contributed by atoms with van der Waals surface area (Å²) in [5, 5.41) is 15.6. The van der Waals surface area contributed by atoms with Crippen LogP contribution in [0.15, 0.2) is 23.0 Å². The molecule has 0 aromatic carbocycles. The average Bonchev–Trinajstić information content (AvgIpc) is 2.62. The molecule has 2 aromatic heterocycles. The van der Waals surface area contributed by atoms with Crippen LogP contribution in [0.4, 0.5) is 5.82 Å². The zero-order valence-corrected chi connectivity index (χ0v) is 14.8. The summed E-state index contributed by atoms with van der Waals surface area (Å²) in [6, 6.07) is 4.97. The lowest BCUT2D eigenvalue weighted by Crippen LogP contribution is -2.52. The van der Waals surface area contributed by atoms with Gasteiger partial charge in [0.05, 0.1) is 5.69 Å². The summed E-state index contributed by atoms with van der Waals surface area (Å²) in [4.78, 5) is 25.7. The van der Waals surface area contributed by atoms with E-state index in [2.05, 4.69) is 31.6 Å². The van der Waals surface area contributed by atoms with Crippen LogP contribution in [0.2, 0.25) is 0 Å². The van der Waals surface area contributed by atoms with Crippen LogP contribution in [0.1, 0.15) is 34.6 Å². The van der Waals surface area contributed by atoms with E-state index in [9.17, 15) is 9.59 Å². The van der Waals surface area contributed by atoms with Crippen LogP contribution in [0, 0.1) is 5.92 Å². The van der Waals surface area contributed by atoms with Gasteiger partial charge >= 0.3 is 0 Å². The van der Waals surface area contributed by atoms with Gasteiger partial charge in [0.15, 0.2) is 5.82 Å². The molecule has 0 atom stereocenters. The number of nitrogens with zero attached hydrogens (tertiary/aromatic N) is 5. The van der Waals surface area contributed by atoms with Crippen molar-refractivity contribution in [2.24, 2.45) is 13.0 Å². The highest BCUT2D eigenvalue weighted by atomic mass is 16.2. The van der Waals surface area contributed by atoms with Crippen molar-refractivity contribution in [2.75, 3.05) is 24.5 Å². The largest absolute Gasteiger partial charge is 0.354 e. The van der Waals surface area contributed by atoms with Gasteiger partial charge < -0.3 is 10.2 Å². The van der Waals surface area contributed by atoms with Gasteiger partial charge in [-0.1, -0.05) is 0 Å². The van der Waals surface area contributed by atoms with Crippen molar-refractivity contribution in [2.45, 2.75) is 25.7 Å². The van der Waals surface area contributed by atoms with E-state index in [-0.39, 0.29) is 17.2 Å². The summed E-state index contributed by atoms with van der Waals surface area (Å²) >= 11 is 0. The van der Waals surface area contributed by atoms with Gasteiger partial charge in [0.2, 0.25) is 0 Å². The third-order valence-electron chi connectivity index (χ3n) is 5.08. The van der Waals surface area contributed by atoms with Gasteiger partial charge in [-0.25, -0.2) is 4.68 Å². The first kappa shape index (κ1) is 16.7. The van der Waals surface area contributed by atoms with Gasteiger partial charge in [0, 0.05) is 38.7 Å². The second-order valence-electron chi connectivity index (χ2n) is 7.04. The number of rotatable bonds is 4. The van der Waals surface area contributed by atoms with E-state index in [1.165, 1.54) is 37.6 Å². The number of carbonyl (C=O) groups excluding carboxylic acids is 1. The summed E-state index contributed by atoms with van der Waals surface area (Å²) in [5.74, 6) is 1.06. The number of anilines is 1. The summed E-state index contributed by atoms with van der Waals surface area (Å²) in [6.45, 7) is 2.29. The molecule has 8 nitrogen and oxygen atoms in total. The molecular weight excluding hydrogens is 332 g/mol. The minimum atomic E-state index is -0.257. The second kappa shape index (κ2) is 6.86. The highest BCUT2D eigenvalue weighted by molar-refractivity contribution is 5.92. The zero-order chi connectivity index (χ0) is 18.1. The number of hydrogen-bond donors (Lipinski definition) is 1. The van der Waals surface area contributed by atoms with E-state index in [1.54, 1.807) is 0 Å². The Kier molecular flexibility index (Phi) is 4.40. The van der Waals surface area contributed by atoms with Gasteiger partial charge in [-0.05, 0) is 43.4 Å². The fourth-order valence-electron chi connectivity index (χ4n) is 3.47. The van der Waals surface area contributed by atoms with Crippen LogP contribution in [0.25, 0.3) is 0 Å². The lowest BCUT2D eigenvalue weighted by molar-refractivity contribution is 0.0937. The number of carbonyl (C=O) groups is 1. The predicted molar refractivity (Wildman–Crippen MR) is 96.2 cm³/mol. The molecule has 0 saturated carbocycles. The van der Waals surface area contributed by atoms with E-state index in [0.717, 1.165) is 42.1 Å². The van der Waals surface area contributed by atoms with Crippen molar-refractivity contribution in [3.05, 3.63) is 45.5 Å². The topological polar surface area (TPSA) is 93.0 Å². The molecule has 1 fully saturated rings. The Morgan fingerprint density at radius 2 is 2.04 bits per heavy atom. The van der Waals surface area contributed by atoms with Crippen molar-refractivity contribution in [3.63, 3.8) is 0 Å². The van der Waals surface area contributed by atoms with Crippen LogP contribution in [0.3, 0.4) is 0 Å². The van der Waals surface area contributed by atoms with Crippen molar-refractivity contribution in [3.8, 4) is 0 Å². The third-order valence-corrected chi connectivity index (χ3v) is 5.08. The van der Waals surface area contributed by atoms with Gasteiger partial charge in [-0.2, -0.15) is 10.2 Å². The van der Waals surface area contributed by atoms with E-state index in [4.69, 9.17) is 0 Å². The van der Waals surface area contributed by atoms with Gasteiger partial charge in [0.25, 0.3) is 11.5 Å². The molecule has 4 rings (SSSR count). The summed E-state index contributed by atoms with van der Waals surface area (Å²) in [5.41, 5.74) is 2.50. The van der Waals surface area contributed by atoms with Crippen molar-refractivity contribution in [1.29, 1.82) is 0 Å². The average molecular weight is 354 g/mol. The first-order valence-corrected chi connectivity index (χ1v) is 9.03. The Morgan fingerprint density at radius 3 is 2.85 bits per heavy atom. The second-order valence-corrected chi connectivity index (χ2v) is 7.04. The molecule has 0 radical (unpaired) electrons.